The first-order chi connectivity index (χ1) is 12.4. The van der Waals surface area contributed by atoms with E-state index in [9.17, 15) is 18.3 Å². The molecule has 2 unspecified atom stereocenters. The van der Waals surface area contributed by atoms with Crippen molar-refractivity contribution in [1.29, 1.82) is 0 Å². The first-order valence-electron chi connectivity index (χ1n) is 9.41. The van der Waals surface area contributed by atoms with E-state index in [0.29, 0.717) is 19.5 Å². The largest absolute Gasteiger partial charge is 0.444 e. The Morgan fingerprint density at radius 2 is 1.74 bits per heavy atom. The zero-order valence-electron chi connectivity index (χ0n) is 17.2. The summed E-state index contributed by atoms with van der Waals surface area (Å²) < 4.78 is 30.7. The molecule has 2 atom stereocenters. The minimum atomic E-state index is -3.85. The summed E-state index contributed by atoms with van der Waals surface area (Å²) in [6, 6.07) is 6.57. The van der Waals surface area contributed by atoms with Crippen LogP contribution in [0.5, 0.6) is 0 Å². The minimum Gasteiger partial charge on any atom is -0.444 e. The highest BCUT2D eigenvalue weighted by atomic mass is 32.2. The maximum Gasteiger partial charge on any atom is 0.410 e. The van der Waals surface area contributed by atoms with Crippen LogP contribution in [0.15, 0.2) is 29.2 Å². The van der Waals surface area contributed by atoms with Crippen LogP contribution in [0.25, 0.3) is 0 Å². The summed E-state index contributed by atoms with van der Waals surface area (Å²) in [5.74, 6) is -0.530. The number of hydrogen-bond donors (Lipinski definition) is 1. The van der Waals surface area contributed by atoms with Crippen molar-refractivity contribution in [2.24, 2.45) is 5.92 Å². The molecule has 1 N–H and O–H groups in total. The number of aryl methyl sites for hydroxylation is 1. The molecule has 0 aliphatic heterocycles. The van der Waals surface area contributed by atoms with Gasteiger partial charge in [0.15, 0.2) is 5.44 Å². The van der Waals surface area contributed by atoms with Gasteiger partial charge in [-0.15, -0.1) is 0 Å². The lowest BCUT2D eigenvalue weighted by Gasteiger charge is -2.28. The quantitative estimate of drug-likeness (QED) is 0.722. The van der Waals surface area contributed by atoms with Crippen LogP contribution in [0.2, 0.25) is 0 Å². The summed E-state index contributed by atoms with van der Waals surface area (Å²) in [6.45, 7) is 11.6. The second-order valence-corrected chi connectivity index (χ2v) is 9.80. The third kappa shape index (κ3) is 6.81. The maximum absolute atomic E-state index is 12.7. The molecule has 154 valence electrons. The number of sulfone groups is 1. The molecular weight excluding hydrogens is 366 g/mol. The molecule has 1 aromatic carbocycles. The molecule has 0 radical (unpaired) electrons. The molecule has 0 aliphatic carbocycles. The van der Waals surface area contributed by atoms with Gasteiger partial charge in [-0.05, 0) is 64.2 Å². The summed E-state index contributed by atoms with van der Waals surface area (Å²) >= 11 is 0. The van der Waals surface area contributed by atoms with Crippen LogP contribution < -0.4 is 0 Å². The lowest BCUT2D eigenvalue weighted by molar-refractivity contribution is 0.0243. The number of hydrogen-bond acceptors (Lipinski definition) is 5. The number of amides is 1. The van der Waals surface area contributed by atoms with Gasteiger partial charge in [-0.2, -0.15) is 0 Å². The first-order valence-corrected chi connectivity index (χ1v) is 11.0. The Morgan fingerprint density at radius 1 is 1.19 bits per heavy atom. The molecule has 6 nitrogen and oxygen atoms in total. The minimum absolute atomic E-state index is 0.110. The summed E-state index contributed by atoms with van der Waals surface area (Å²) in [5.41, 5.74) is -1.08. The summed E-state index contributed by atoms with van der Waals surface area (Å²) in [5, 5.41) is 10.4. The molecule has 0 heterocycles. The van der Waals surface area contributed by atoms with E-state index >= 15 is 0 Å². The number of aliphatic hydroxyl groups excluding tert-OH is 1. The SMILES string of the molecule is CCc1ccc(S(=O)(=O)C(O)C(C)CCN(CC)C(=O)OC(C)(C)C)cc1. The van der Waals surface area contributed by atoms with Crippen LogP contribution in [0.1, 0.15) is 53.5 Å². The zero-order valence-corrected chi connectivity index (χ0v) is 18.0. The fraction of sp³-hybridized carbons (Fsp3) is 0.650. The Bertz CT molecular complexity index is 707. The fourth-order valence-electron chi connectivity index (χ4n) is 2.57. The third-order valence-electron chi connectivity index (χ3n) is 4.35. The van der Waals surface area contributed by atoms with E-state index in [1.54, 1.807) is 39.8 Å². The van der Waals surface area contributed by atoms with Crippen molar-refractivity contribution in [2.75, 3.05) is 13.1 Å². The summed E-state index contributed by atoms with van der Waals surface area (Å²) in [6.07, 6.45) is 0.724. The Labute approximate surface area is 163 Å². The van der Waals surface area contributed by atoms with E-state index in [2.05, 4.69) is 0 Å². The van der Waals surface area contributed by atoms with E-state index in [1.165, 1.54) is 17.0 Å². The van der Waals surface area contributed by atoms with Crippen molar-refractivity contribution in [3.8, 4) is 0 Å². The molecule has 0 bridgehead atoms. The van der Waals surface area contributed by atoms with Crippen molar-refractivity contribution < 1.29 is 23.1 Å². The van der Waals surface area contributed by atoms with Gasteiger partial charge in [-0.1, -0.05) is 26.0 Å². The summed E-state index contributed by atoms with van der Waals surface area (Å²) in [7, 11) is -3.85. The molecule has 0 aromatic heterocycles. The highest BCUT2D eigenvalue weighted by molar-refractivity contribution is 7.91. The van der Waals surface area contributed by atoms with Crippen LogP contribution in [0.4, 0.5) is 4.79 Å². The number of benzene rings is 1. The van der Waals surface area contributed by atoms with Gasteiger partial charge in [0.05, 0.1) is 4.90 Å². The second-order valence-electron chi connectivity index (χ2n) is 7.76. The smallest absolute Gasteiger partial charge is 0.410 e. The molecule has 1 aromatic rings. The topological polar surface area (TPSA) is 83.9 Å². The number of rotatable bonds is 8. The predicted molar refractivity (Wildman–Crippen MR) is 106 cm³/mol. The van der Waals surface area contributed by atoms with Gasteiger partial charge in [0.2, 0.25) is 9.84 Å². The van der Waals surface area contributed by atoms with E-state index in [1.807, 2.05) is 13.8 Å². The second kappa shape index (κ2) is 9.55. The molecule has 27 heavy (non-hydrogen) atoms. The monoisotopic (exact) mass is 399 g/mol. The lowest BCUT2D eigenvalue weighted by atomic mass is 10.1. The molecule has 1 rings (SSSR count). The molecule has 1 amide bonds. The van der Waals surface area contributed by atoms with E-state index in [-0.39, 0.29) is 4.90 Å². The number of carbonyl (C=O) groups is 1. The van der Waals surface area contributed by atoms with Gasteiger partial charge in [-0.3, -0.25) is 0 Å². The van der Waals surface area contributed by atoms with Gasteiger partial charge in [0.1, 0.15) is 5.60 Å². The van der Waals surface area contributed by atoms with Crippen molar-refractivity contribution in [1.82, 2.24) is 4.90 Å². The van der Waals surface area contributed by atoms with Crippen molar-refractivity contribution in [2.45, 2.75) is 70.3 Å². The number of nitrogens with zero attached hydrogens (tertiary/aromatic N) is 1. The molecule has 0 fully saturated rings. The normalized spacial score (nSPS) is 14.5. The van der Waals surface area contributed by atoms with Crippen molar-refractivity contribution >= 4 is 15.9 Å². The fourth-order valence-corrected chi connectivity index (χ4v) is 4.11. The molecule has 0 saturated carbocycles. The van der Waals surface area contributed by atoms with Crippen LogP contribution in [-0.2, 0) is 21.0 Å². The van der Waals surface area contributed by atoms with Gasteiger partial charge in [0.25, 0.3) is 0 Å². The van der Waals surface area contributed by atoms with Crippen LogP contribution in [0.3, 0.4) is 0 Å². The van der Waals surface area contributed by atoms with Gasteiger partial charge >= 0.3 is 6.09 Å². The third-order valence-corrected chi connectivity index (χ3v) is 6.38. The Hall–Kier alpha value is -1.60. The first kappa shape index (κ1) is 23.4. The number of ether oxygens (including phenoxy) is 1. The molecule has 0 spiro atoms. The average molecular weight is 400 g/mol. The lowest BCUT2D eigenvalue weighted by Crippen LogP contribution is -2.39. The predicted octanol–water partition coefficient (Wildman–Crippen LogP) is 3.62. The van der Waals surface area contributed by atoms with Crippen LogP contribution in [0, 0.1) is 5.92 Å². The van der Waals surface area contributed by atoms with Crippen LogP contribution >= 0.6 is 0 Å². The summed E-state index contributed by atoms with van der Waals surface area (Å²) in [4.78, 5) is 13.8. The Kier molecular flexibility index (Phi) is 8.29. The number of carbonyl (C=O) groups excluding carboxylic acids is 1. The maximum atomic E-state index is 12.7. The zero-order chi connectivity index (χ0) is 20.8. The molecule has 0 aliphatic rings. The number of aliphatic hydroxyl groups is 1. The van der Waals surface area contributed by atoms with Crippen molar-refractivity contribution in [3.63, 3.8) is 0 Å². The molecule has 0 saturated heterocycles. The standard InChI is InChI=1S/C20H33NO5S/c1-7-16-9-11-17(12-10-16)27(24,25)18(22)15(3)13-14-21(8-2)19(23)26-20(4,5)6/h9-12,15,18,22H,7-8,13-14H2,1-6H3. The molecular formula is C20H33NO5S. The van der Waals surface area contributed by atoms with Crippen LogP contribution in [-0.4, -0.2) is 48.6 Å². The highest BCUT2D eigenvalue weighted by Crippen LogP contribution is 2.23. The van der Waals surface area contributed by atoms with E-state index in [0.717, 1.165) is 12.0 Å². The van der Waals surface area contributed by atoms with E-state index in [4.69, 9.17) is 4.74 Å². The van der Waals surface area contributed by atoms with Gasteiger partial charge in [-0.25, -0.2) is 13.2 Å². The highest BCUT2D eigenvalue weighted by Gasteiger charge is 2.31. The average Bonchev–Trinajstić information content (AvgIpc) is 2.59. The molecule has 7 heteroatoms. The van der Waals surface area contributed by atoms with Crippen molar-refractivity contribution in [3.05, 3.63) is 29.8 Å². The Balaban J connectivity index is 2.76. The Morgan fingerprint density at radius 3 is 2.19 bits per heavy atom. The van der Waals surface area contributed by atoms with Gasteiger partial charge < -0.3 is 14.7 Å². The van der Waals surface area contributed by atoms with E-state index < -0.39 is 32.9 Å². The van der Waals surface area contributed by atoms with Gasteiger partial charge in [0, 0.05) is 13.1 Å².